The standard InChI is InChI=1S/C14H22N2OS/c1-3-15-10-5-4-6-11-13(10)18-14(16-11)12-8-7-9(2)17-12/h9-10,12,15H,3-8H2,1-2H3. The molecule has 1 aliphatic carbocycles. The number of rotatable bonds is 3. The molecule has 1 N–H and O–H groups in total. The summed E-state index contributed by atoms with van der Waals surface area (Å²) in [4.78, 5) is 6.33. The van der Waals surface area contributed by atoms with Crippen molar-refractivity contribution in [2.45, 2.75) is 64.2 Å². The van der Waals surface area contributed by atoms with Gasteiger partial charge in [0.1, 0.15) is 11.1 Å². The average molecular weight is 266 g/mol. The van der Waals surface area contributed by atoms with Crippen LogP contribution in [-0.2, 0) is 11.2 Å². The van der Waals surface area contributed by atoms with E-state index in [1.165, 1.54) is 34.8 Å². The molecule has 3 atom stereocenters. The van der Waals surface area contributed by atoms with E-state index in [9.17, 15) is 0 Å². The van der Waals surface area contributed by atoms with E-state index in [0.29, 0.717) is 12.1 Å². The molecular weight excluding hydrogens is 244 g/mol. The maximum atomic E-state index is 5.95. The van der Waals surface area contributed by atoms with Gasteiger partial charge in [0, 0.05) is 10.9 Å². The van der Waals surface area contributed by atoms with Crippen LogP contribution < -0.4 is 5.32 Å². The molecule has 3 rings (SSSR count). The highest BCUT2D eigenvalue weighted by molar-refractivity contribution is 7.11. The van der Waals surface area contributed by atoms with Gasteiger partial charge in [-0.15, -0.1) is 11.3 Å². The van der Waals surface area contributed by atoms with Crippen molar-refractivity contribution < 1.29 is 4.74 Å². The van der Waals surface area contributed by atoms with Crippen LogP contribution in [0.25, 0.3) is 0 Å². The normalized spacial score (nSPS) is 31.6. The van der Waals surface area contributed by atoms with Gasteiger partial charge in [-0.05, 0) is 45.6 Å². The summed E-state index contributed by atoms with van der Waals surface area (Å²) in [5, 5.41) is 4.80. The van der Waals surface area contributed by atoms with Crippen molar-refractivity contribution in [2.24, 2.45) is 0 Å². The fraction of sp³-hybridized carbons (Fsp3) is 0.786. The Balaban J connectivity index is 1.82. The first kappa shape index (κ1) is 12.6. The highest BCUT2D eigenvalue weighted by atomic mass is 32.1. The van der Waals surface area contributed by atoms with Crippen molar-refractivity contribution in [2.75, 3.05) is 6.54 Å². The van der Waals surface area contributed by atoms with E-state index in [2.05, 4.69) is 19.2 Å². The Morgan fingerprint density at radius 1 is 1.39 bits per heavy atom. The Hall–Kier alpha value is -0.450. The van der Waals surface area contributed by atoms with Gasteiger partial charge >= 0.3 is 0 Å². The number of nitrogens with one attached hydrogen (secondary N) is 1. The molecular formula is C14H22N2OS. The van der Waals surface area contributed by atoms with Crippen LogP contribution in [0.3, 0.4) is 0 Å². The van der Waals surface area contributed by atoms with Gasteiger partial charge in [-0.25, -0.2) is 4.98 Å². The molecule has 0 spiro atoms. The topological polar surface area (TPSA) is 34.2 Å². The first-order valence-corrected chi connectivity index (χ1v) is 7.98. The van der Waals surface area contributed by atoms with E-state index in [1.807, 2.05) is 11.3 Å². The summed E-state index contributed by atoms with van der Waals surface area (Å²) in [6.45, 7) is 5.38. The van der Waals surface area contributed by atoms with Crippen molar-refractivity contribution in [3.8, 4) is 0 Å². The number of fused-ring (bicyclic) bond motifs is 1. The van der Waals surface area contributed by atoms with E-state index in [1.54, 1.807) is 0 Å². The number of aromatic nitrogens is 1. The maximum absolute atomic E-state index is 5.95. The number of hydrogen-bond acceptors (Lipinski definition) is 4. The maximum Gasteiger partial charge on any atom is 0.122 e. The Morgan fingerprint density at radius 2 is 2.28 bits per heavy atom. The molecule has 0 amide bonds. The molecule has 0 saturated carbocycles. The van der Waals surface area contributed by atoms with Crippen LogP contribution in [0.4, 0.5) is 0 Å². The zero-order valence-electron chi connectivity index (χ0n) is 11.2. The lowest BCUT2D eigenvalue weighted by atomic mass is 9.98. The summed E-state index contributed by atoms with van der Waals surface area (Å²) < 4.78 is 5.95. The average Bonchev–Trinajstić information content (AvgIpc) is 2.95. The van der Waals surface area contributed by atoms with E-state index in [0.717, 1.165) is 19.4 Å². The molecule has 2 aliphatic rings. The van der Waals surface area contributed by atoms with Crippen LogP contribution in [0.1, 0.15) is 67.3 Å². The number of thiazole rings is 1. The van der Waals surface area contributed by atoms with Crippen LogP contribution in [0, 0.1) is 0 Å². The quantitative estimate of drug-likeness (QED) is 0.911. The summed E-state index contributed by atoms with van der Waals surface area (Å²) in [5.74, 6) is 0. The fourth-order valence-electron chi connectivity index (χ4n) is 3.00. The van der Waals surface area contributed by atoms with Gasteiger partial charge in [-0.2, -0.15) is 0 Å². The van der Waals surface area contributed by atoms with E-state index in [4.69, 9.17) is 9.72 Å². The first-order valence-electron chi connectivity index (χ1n) is 7.16. The second kappa shape index (κ2) is 5.27. The summed E-state index contributed by atoms with van der Waals surface area (Å²) in [6, 6.07) is 0.531. The van der Waals surface area contributed by atoms with E-state index < -0.39 is 0 Å². The van der Waals surface area contributed by atoms with Crippen molar-refractivity contribution in [3.05, 3.63) is 15.6 Å². The summed E-state index contributed by atoms with van der Waals surface area (Å²) >= 11 is 1.88. The Morgan fingerprint density at radius 3 is 3.00 bits per heavy atom. The highest BCUT2D eigenvalue weighted by Crippen LogP contribution is 2.40. The van der Waals surface area contributed by atoms with E-state index >= 15 is 0 Å². The predicted octanol–water partition coefficient (Wildman–Crippen LogP) is 3.37. The summed E-state index contributed by atoms with van der Waals surface area (Å²) in [7, 11) is 0. The van der Waals surface area contributed by atoms with Gasteiger partial charge in [0.15, 0.2) is 0 Å². The largest absolute Gasteiger partial charge is 0.368 e. The molecule has 4 heteroatoms. The molecule has 18 heavy (non-hydrogen) atoms. The molecule has 1 fully saturated rings. The van der Waals surface area contributed by atoms with Gasteiger partial charge in [0.25, 0.3) is 0 Å². The van der Waals surface area contributed by atoms with E-state index in [-0.39, 0.29) is 6.10 Å². The minimum atomic E-state index is 0.262. The molecule has 1 aliphatic heterocycles. The van der Waals surface area contributed by atoms with Crippen LogP contribution in [-0.4, -0.2) is 17.6 Å². The van der Waals surface area contributed by atoms with Crippen molar-refractivity contribution in [1.82, 2.24) is 10.3 Å². The molecule has 3 unspecified atom stereocenters. The smallest absolute Gasteiger partial charge is 0.122 e. The van der Waals surface area contributed by atoms with Crippen LogP contribution in [0.2, 0.25) is 0 Å². The number of aryl methyl sites for hydroxylation is 1. The molecule has 0 bridgehead atoms. The third-order valence-electron chi connectivity index (χ3n) is 3.92. The summed E-state index contributed by atoms with van der Waals surface area (Å²) in [6.07, 6.45) is 6.64. The van der Waals surface area contributed by atoms with Gasteiger partial charge in [0.05, 0.1) is 11.8 Å². The van der Waals surface area contributed by atoms with Gasteiger partial charge in [-0.1, -0.05) is 6.92 Å². The Kier molecular flexibility index (Phi) is 3.68. The van der Waals surface area contributed by atoms with Crippen molar-refractivity contribution >= 4 is 11.3 Å². The minimum absolute atomic E-state index is 0.262. The fourth-order valence-corrected chi connectivity index (χ4v) is 4.30. The van der Waals surface area contributed by atoms with Crippen LogP contribution >= 0.6 is 11.3 Å². The van der Waals surface area contributed by atoms with Gasteiger partial charge in [-0.3, -0.25) is 0 Å². The van der Waals surface area contributed by atoms with Crippen molar-refractivity contribution in [3.63, 3.8) is 0 Å². The third kappa shape index (κ3) is 2.33. The second-order valence-electron chi connectivity index (χ2n) is 5.38. The second-order valence-corrected chi connectivity index (χ2v) is 6.44. The van der Waals surface area contributed by atoms with Crippen LogP contribution in [0.5, 0.6) is 0 Å². The number of hydrogen-bond donors (Lipinski definition) is 1. The Labute approximate surface area is 113 Å². The molecule has 2 heterocycles. The molecule has 1 saturated heterocycles. The zero-order chi connectivity index (χ0) is 12.5. The van der Waals surface area contributed by atoms with Gasteiger partial charge in [0.2, 0.25) is 0 Å². The highest BCUT2D eigenvalue weighted by Gasteiger charge is 2.30. The lowest BCUT2D eigenvalue weighted by Gasteiger charge is -2.21. The third-order valence-corrected chi connectivity index (χ3v) is 5.23. The molecule has 0 radical (unpaired) electrons. The lowest BCUT2D eigenvalue weighted by Crippen LogP contribution is -2.23. The monoisotopic (exact) mass is 266 g/mol. The first-order chi connectivity index (χ1) is 8.78. The lowest BCUT2D eigenvalue weighted by molar-refractivity contribution is 0.0553. The van der Waals surface area contributed by atoms with Gasteiger partial charge < -0.3 is 10.1 Å². The molecule has 1 aromatic heterocycles. The zero-order valence-corrected chi connectivity index (χ0v) is 12.1. The number of ether oxygens (including phenoxy) is 1. The minimum Gasteiger partial charge on any atom is -0.368 e. The van der Waals surface area contributed by atoms with Crippen molar-refractivity contribution in [1.29, 1.82) is 0 Å². The Bertz CT molecular complexity index is 418. The summed E-state index contributed by atoms with van der Waals surface area (Å²) in [5.41, 5.74) is 1.33. The predicted molar refractivity (Wildman–Crippen MR) is 74.0 cm³/mol. The molecule has 100 valence electrons. The molecule has 3 nitrogen and oxygen atoms in total. The SMILES string of the molecule is CCNC1CCCc2nc(C3CCC(C)O3)sc21. The number of nitrogens with zero attached hydrogens (tertiary/aromatic N) is 1. The van der Waals surface area contributed by atoms with Crippen LogP contribution in [0.15, 0.2) is 0 Å². The molecule has 0 aromatic carbocycles. The molecule has 1 aromatic rings.